The van der Waals surface area contributed by atoms with Crippen molar-refractivity contribution in [3.63, 3.8) is 0 Å². The quantitative estimate of drug-likeness (QED) is 0.598. The van der Waals surface area contributed by atoms with Crippen molar-refractivity contribution < 1.29 is 0 Å². The number of hydrogen-bond donors (Lipinski definition) is 0. The van der Waals surface area contributed by atoms with E-state index in [4.69, 9.17) is 0 Å². The molecule has 2 aromatic heterocycles. The minimum Gasteiger partial charge on any atom is -0.0726 e. The fourth-order valence-corrected chi connectivity index (χ4v) is 10.2. The van der Waals surface area contributed by atoms with Crippen molar-refractivity contribution in [1.82, 2.24) is 0 Å². The summed E-state index contributed by atoms with van der Waals surface area (Å²) in [4.78, 5) is 0. The fraction of sp³-hybridized carbons (Fsp3) is 0.429. The summed E-state index contributed by atoms with van der Waals surface area (Å²) in [7, 11) is -0.0612. The zero-order valence-electron chi connectivity index (χ0n) is 11.0. The largest absolute Gasteiger partial charge is 0.0726 e. The second-order valence-electron chi connectivity index (χ2n) is 4.73. The molecule has 2 unspecified atom stereocenters. The van der Waals surface area contributed by atoms with Gasteiger partial charge < -0.3 is 0 Å². The molecule has 2 atom stereocenters. The predicted octanol–water partition coefficient (Wildman–Crippen LogP) is 5.82. The molecule has 0 N–H and O–H groups in total. The maximum Gasteiger partial charge on any atom is -0.0205 e. The third-order valence-corrected chi connectivity index (χ3v) is 11.5. The van der Waals surface area contributed by atoms with Crippen molar-refractivity contribution in [2.24, 2.45) is 0 Å². The lowest BCUT2D eigenvalue weighted by Crippen LogP contribution is -1.71. The van der Waals surface area contributed by atoms with Crippen molar-refractivity contribution in [2.45, 2.75) is 41.5 Å². The van der Waals surface area contributed by atoms with Gasteiger partial charge >= 0.3 is 0 Å². The van der Waals surface area contributed by atoms with Gasteiger partial charge in [0.05, 0.1) is 0 Å². The first kappa shape index (κ1) is 12.0. The van der Waals surface area contributed by atoms with E-state index in [0.717, 1.165) is 0 Å². The maximum absolute atomic E-state index is 2.54. The average Bonchev–Trinajstić information content (AvgIpc) is 2.64. The van der Waals surface area contributed by atoms with Gasteiger partial charge in [-0.15, -0.1) is 0 Å². The first-order chi connectivity index (χ1) is 7.43. The maximum atomic E-state index is 2.54. The molecule has 2 rings (SSSR count). The molecule has 2 heteroatoms. The zero-order chi connectivity index (χ0) is 12.0. The highest BCUT2D eigenvalue weighted by molar-refractivity contribution is 8.22. The summed E-state index contributed by atoms with van der Waals surface area (Å²) < 4.78 is 0. The van der Waals surface area contributed by atoms with Crippen molar-refractivity contribution >= 4 is 14.4 Å². The second-order valence-corrected chi connectivity index (χ2v) is 10.6. The van der Waals surface area contributed by atoms with Crippen LogP contribution < -0.4 is 0 Å². The molecule has 0 amide bonds. The summed E-state index contributed by atoms with van der Waals surface area (Å²) in [5, 5.41) is 3.30. The van der Waals surface area contributed by atoms with E-state index in [2.05, 4.69) is 53.1 Å². The van der Waals surface area contributed by atoms with Gasteiger partial charge in [0.1, 0.15) is 0 Å². The van der Waals surface area contributed by atoms with Gasteiger partial charge in [-0.2, -0.15) is 0 Å². The van der Waals surface area contributed by atoms with E-state index in [-0.39, 0.29) is 14.4 Å². The van der Waals surface area contributed by atoms with E-state index in [1.54, 1.807) is 10.6 Å². The average molecular weight is 250 g/mol. The van der Waals surface area contributed by atoms with Gasteiger partial charge in [-0.1, -0.05) is 14.4 Å². The summed E-state index contributed by atoms with van der Waals surface area (Å²) in [6, 6.07) is 0. The van der Waals surface area contributed by atoms with Gasteiger partial charge in [0.2, 0.25) is 0 Å². The molecule has 0 aliphatic heterocycles. The number of rotatable bonds is 1. The molecule has 86 valence electrons. The molecule has 0 saturated carbocycles. The Morgan fingerprint density at radius 2 is 0.938 bits per heavy atom. The Hall–Kier alpha value is -0.440. The Morgan fingerprint density at radius 1 is 0.625 bits per heavy atom. The molecule has 0 saturated heterocycles. The lowest BCUT2D eigenvalue weighted by Gasteiger charge is -2.03. The molecule has 0 nitrogen and oxygen atoms in total. The highest BCUT2D eigenvalue weighted by atomic mass is 32.0. The Labute approximate surface area is 101 Å². The Balaban J connectivity index is 2.68. The van der Waals surface area contributed by atoms with Gasteiger partial charge in [-0.25, -0.2) is 0 Å². The SMILES string of the molecule is Cc1cp(-p2cc(C)c(C)c2C)c(C)c1C. The van der Waals surface area contributed by atoms with Crippen LogP contribution in [0.25, 0.3) is 0 Å². The van der Waals surface area contributed by atoms with Crippen LogP contribution in [0.2, 0.25) is 0 Å². The van der Waals surface area contributed by atoms with Gasteiger partial charge in [-0.05, 0) is 86.0 Å². The van der Waals surface area contributed by atoms with Crippen molar-refractivity contribution in [3.05, 3.63) is 44.4 Å². The van der Waals surface area contributed by atoms with Crippen LogP contribution in [0.3, 0.4) is 0 Å². The van der Waals surface area contributed by atoms with E-state index in [9.17, 15) is 0 Å². The van der Waals surface area contributed by atoms with E-state index in [0.29, 0.717) is 0 Å². The van der Waals surface area contributed by atoms with Gasteiger partial charge in [0, 0.05) is 0 Å². The Kier molecular flexibility index (Phi) is 3.08. The van der Waals surface area contributed by atoms with Crippen LogP contribution in [0.5, 0.6) is 0 Å². The first-order valence-electron chi connectivity index (χ1n) is 5.74. The predicted molar refractivity (Wildman–Crippen MR) is 77.5 cm³/mol. The summed E-state index contributed by atoms with van der Waals surface area (Å²) in [6.45, 7) is 13.7. The van der Waals surface area contributed by atoms with Crippen molar-refractivity contribution in [3.8, 4) is 0 Å². The lowest BCUT2D eigenvalue weighted by atomic mass is 10.2. The van der Waals surface area contributed by atoms with Gasteiger partial charge in [0.25, 0.3) is 0 Å². The standard InChI is InChI=1S/C14H20P2/c1-9-7-15(13(5)11(9)3)16-8-10(2)12(4)14(16)6/h7-8H,1-6H3. The number of hydrogen-bond acceptors (Lipinski definition) is 0. The fourth-order valence-electron chi connectivity index (χ4n) is 2.12. The molecular formula is C14H20P2. The first-order valence-corrected chi connectivity index (χ1v) is 9.27. The lowest BCUT2D eigenvalue weighted by molar-refractivity contribution is 1.35. The third kappa shape index (κ3) is 1.69. The van der Waals surface area contributed by atoms with Crippen LogP contribution in [0.4, 0.5) is 0 Å². The van der Waals surface area contributed by atoms with Crippen LogP contribution in [0.1, 0.15) is 32.8 Å². The molecule has 16 heavy (non-hydrogen) atoms. The molecule has 0 aliphatic rings. The molecule has 2 aromatic rings. The second kappa shape index (κ2) is 4.10. The van der Waals surface area contributed by atoms with E-state index in [1.807, 2.05) is 0 Å². The topological polar surface area (TPSA) is 0 Å². The summed E-state index contributed by atoms with van der Waals surface area (Å²) in [6.07, 6.45) is 0. The molecule has 2 heterocycles. The van der Waals surface area contributed by atoms with Crippen LogP contribution in [0, 0.1) is 41.5 Å². The van der Waals surface area contributed by atoms with Crippen molar-refractivity contribution in [1.29, 1.82) is 0 Å². The molecule has 0 aliphatic carbocycles. The minimum absolute atomic E-state index is 0.0306. The highest BCUT2D eigenvalue weighted by Crippen LogP contribution is 2.63. The van der Waals surface area contributed by atoms with Crippen LogP contribution in [-0.2, 0) is 0 Å². The minimum atomic E-state index is -0.0306. The monoisotopic (exact) mass is 250 g/mol. The molecule has 0 spiro atoms. The zero-order valence-corrected chi connectivity index (χ0v) is 12.8. The van der Waals surface area contributed by atoms with Crippen LogP contribution >= 0.6 is 14.4 Å². The van der Waals surface area contributed by atoms with E-state index >= 15 is 0 Å². The Bertz CT molecular complexity index is 491. The van der Waals surface area contributed by atoms with E-state index < -0.39 is 0 Å². The summed E-state index contributed by atoms with van der Waals surface area (Å²) in [5.41, 5.74) is 6.10. The molecule has 0 bridgehead atoms. The van der Waals surface area contributed by atoms with Crippen LogP contribution in [-0.4, -0.2) is 0 Å². The smallest absolute Gasteiger partial charge is 0.0205 e. The highest BCUT2D eigenvalue weighted by Gasteiger charge is 2.13. The molecule has 0 fully saturated rings. The normalized spacial score (nSPS) is 13.4. The van der Waals surface area contributed by atoms with Gasteiger partial charge in [-0.3, -0.25) is 0 Å². The third-order valence-electron chi connectivity index (χ3n) is 3.82. The molecular weight excluding hydrogens is 230 g/mol. The van der Waals surface area contributed by atoms with Crippen molar-refractivity contribution in [2.75, 3.05) is 0 Å². The molecule has 0 radical (unpaired) electrons. The summed E-state index contributed by atoms with van der Waals surface area (Å²) >= 11 is 0. The Morgan fingerprint density at radius 3 is 1.12 bits per heavy atom. The van der Waals surface area contributed by atoms with E-state index in [1.165, 1.54) is 22.3 Å². The van der Waals surface area contributed by atoms with Gasteiger partial charge in [0.15, 0.2) is 0 Å². The molecule has 0 aromatic carbocycles. The van der Waals surface area contributed by atoms with Crippen LogP contribution in [0.15, 0.2) is 11.6 Å². The summed E-state index contributed by atoms with van der Waals surface area (Å²) in [5.74, 6) is 5.08. The number of aryl methyl sites for hydroxylation is 2.